The lowest BCUT2D eigenvalue weighted by Crippen LogP contribution is -2.56. The zero-order chi connectivity index (χ0) is 21.7. The van der Waals surface area contributed by atoms with Crippen molar-refractivity contribution in [2.45, 2.75) is 50.7 Å². The van der Waals surface area contributed by atoms with Gasteiger partial charge in [0.05, 0.1) is 6.10 Å². The van der Waals surface area contributed by atoms with Crippen LogP contribution in [-0.2, 0) is 24.4 Å². The molecule has 2 N–H and O–H groups in total. The van der Waals surface area contributed by atoms with Crippen LogP contribution in [0.25, 0.3) is 5.57 Å². The van der Waals surface area contributed by atoms with Crippen LogP contribution in [0.2, 0.25) is 0 Å². The molecule has 0 fully saturated rings. The van der Waals surface area contributed by atoms with E-state index in [9.17, 15) is 13.2 Å². The first-order valence-electron chi connectivity index (χ1n) is 9.37. The average Bonchev–Trinajstić information content (AvgIpc) is 2.73. The third-order valence-corrected chi connectivity index (χ3v) is 6.78. The molecule has 0 bridgehead atoms. The fourth-order valence-corrected chi connectivity index (χ4v) is 4.97. The number of methoxy groups -OCH3 is 1. The Morgan fingerprint density at radius 3 is 2.41 bits per heavy atom. The molecule has 0 spiro atoms. The number of hydroxylamine groups is 2. The third kappa shape index (κ3) is 4.76. The predicted molar refractivity (Wildman–Crippen MR) is 109 cm³/mol. The van der Waals surface area contributed by atoms with Crippen molar-refractivity contribution in [3.63, 3.8) is 0 Å². The van der Waals surface area contributed by atoms with Crippen molar-refractivity contribution in [2.75, 3.05) is 7.11 Å². The van der Waals surface area contributed by atoms with Crippen molar-refractivity contribution < 1.29 is 28.0 Å². The van der Waals surface area contributed by atoms with Crippen LogP contribution in [0.3, 0.4) is 0 Å². The SMILES string of the molecule is CCC(C(=O)NO)N(OC(C)C)S(=O)(=O)C1(OC)C=CC(c2ccccc2)=CC1. The second kappa shape index (κ2) is 9.64. The standard InChI is InChI=1S/C20H28N2O6S/c1-5-18(19(23)21-24)22(28-15(2)3)29(25,26)20(27-4)13-11-17(12-14-20)16-9-7-6-8-10-16/h6-13,15,18,24H,5,14H2,1-4H3,(H,21,23). The Bertz CT molecular complexity index is 866. The summed E-state index contributed by atoms with van der Waals surface area (Å²) in [5.41, 5.74) is 3.32. The average molecular weight is 425 g/mol. The lowest BCUT2D eigenvalue weighted by Gasteiger charge is -2.38. The van der Waals surface area contributed by atoms with E-state index >= 15 is 0 Å². The molecule has 2 rings (SSSR count). The minimum absolute atomic E-state index is 0.0295. The zero-order valence-electron chi connectivity index (χ0n) is 17.0. The Labute approximate surface area is 171 Å². The molecule has 1 aliphatic carbocycles. The maximum absolute atomic E-state index is 13.6. The summed E-state index contributed by atoms with van der Waals surface area (Å²) in [6.45, 7) is 4.92. The maximum atomic E-state index is 13.6. The molecule has 8 nitrogen and oxygen atoms in total. The van der Waals surface area contributed by atoms with Crippen LogP contribution in [0.5, 0.6) is 0 Å². The second-order valence-corrected chi connectivity index (χ2v) is 8.89. The van der Waals surface area contributed by atoms with Crippen molar-refractivity contribution >= 4 is 21.5 Å². The van der Waals surface area contributed by atoms with Crippen molar-refractivity contribution in [3.8, 4) is 0 Å². The van der Waals surface area contributed by atoms with E-state index in [-0.39, 0.29) is 12.8 Å². The Kier molecular flexibility index (Phi) is 7.73. The highest BCUT2D eigenvalue weighted by Crippen LogP contribution is 2.36. The Balaban J connectivity index is 2.45. The van der Waals surface area contributed by atoms with Crippen molar-refractivity contribution in [3.05, 3.63) is 54.1 Å². The predicted octanol–water partition coefficient (Wildman–Crippen LogP) is 2.63. The lowest BCUT2D eigenvalue weighted by atomic mass is 9.98. The van der Waals surface area contributed by atoms with Gasteiger partial charge in [-0.15, -0.1) is 0 Å². The molecule has 0 saturated heterocycles. The summed E-state index contributed by atoms with van der Waals surface area (Å²) in [4.78, 5) is 15.9. The summed E-state index contributed by atoms with van der Waals surface area (Å²) in [5, 5.41) is 9.05. The fraction of sp³-hybridized carbons (Fsp3) is 0.450. The van der Waals surface area contributed by atoms with E-state index in [1.54, 1.807) is 32.9 Å². The van der Waals surface area contributed by atoms with Crippen LogP contribution in [0.1, 0.15) is 39.2 Å². The number of ether oxygens (including phenoxy) is 1. The molecule has 1 amide bonds. The van der Waals surface area contributed by atoms with E-state index in [1.165, 1.54) is 18.7 Å². The number of sulfonamides is 1. The van der Waals surface area contributed by atoms with Crippen molar-refractivity contribution in [1.82, 2.24) is 9.95 Å². The van der Waals surface area contributed by atoms with E-state index in [0.717, 1.165) is 11.1 Å². The van der Waals surface area contributed by atoms with Gasteiger partial charge in [-0.05, 0) is 37.5 Å². The van der Waals surface area contributed by atoms with Gasteiger partial charge in [0.25, 0.3) is 15.9 Å². The van der Waals surface area contributed by atoms with Crippen molar-refractivity contribution in [1.29, 1.82) is 0 Å². The highest BCUT2D eigenvalue weighted by Gasteiger charge is 2.50. The molecule has 1 aromatic rings. The van der Waals surface area contributed by atoms with Gasteiger partial charge in [-0.3, -0.25) is 14.8 Å². The molecule has 160 valence electrons. The van der Waals surface area contributed by atoms with Gasteiger partial charge in [0.1, 0.15) is 6.04 Å². The molecule has 2 unspecified atom stereocenters. The maximum Gasteiger partial charge on any atom is 0.270 e. The van der Waals surface area contributed by atoms with Crippen LogP contribution in [0.15, 0.2) is 48.6 Å². The number of allylic oxidation sites excluding steroid dienone is 2. The highest BCUT2D eigenvalue weighted by atomic mass is 32.2. The molecular weight excluding hydrogens is 396 g/mol. The van der Waals surface area contributed by atoms with Gasteiger partial charge in [0, 0.05) is 13.5 Å². The molecule has 2 atom stereocenters. The van der Waals surface area contributed by atoms with Crippen LogP contribution in [0.4, 0.5) is 0 Å². The van der Waals surface area contributed by atoms with Gasteiger partial charge in [-0.25, -0.2) is 13.9 Å². The molecule has 1 aliphatic rings. The first-order chi connectivity index (χ1) is 13.7. The van der Waals surface area contributed by atoms with Crippen molar-refractivity contribution in [2.24, 2.45) is 0 Å². The molecule has 1 aromatic carbocycles. The minimum atomic E-state index is -4.32. The Hall–Kier alpha value is -2.04. The van der Waals surface area contributed by atoms with E-state index in [1.807, 2.05) is 30.3 Å². The third-order valence-electron chi connectivity index (χ3n) is 4.62. The van der Waals surface area contributed by atoms with Gasteiger partial charge < -0.3 is 4.74 Å². The largest absolute Gasteiger partial charge is 0.357 e. The smallest absolute Gasteiger partial charge is 0.270 e. The number of carbonyl (C=O) groups excluding carboxylic acids is 1. The molecular formula is C20H28N2O6S. The van der Waals surface area contributed by atoms with Gasteiger partial charge in [0.2, 0.25) is 4.93 Å². The number of benzene rings is 1. The summed E-state index contributed by atoms with van der Waals surface area (Å²) < 4.78 is 33.3. The normalized spacial score (nSPS) is 20.6. The van der Waals surface area contributed by atoms with Crippen LogP contribution >= 0.6 is 0 Å². The quantitative estimate of drug-likeness (QED) is 0.466. The molecule has 0 saturated carbocycles. The molecule has 0 aliphatic heterocycles. The number of amides is 1. The first-order valence-corrected chi connectivity index (χ1v) is 10.8. The van der Waals surface area contributed by atoms with E-state index in [0.29, 0.717) is 4.47 Å². The van der Waals surface area contributed by atoms with Gasteiger partial charge in [0.15, 0.2) is 0 Å². The number of hydrogen-bond donors (Lipinski definition) is 2. The number of rotatable bonds is 9. The van der Waals surface area contributed by atoms with E-state index in [4.69, 9.17) is 14.8 Å². The first kappa shape index (κ1) is 23.2. The molecule has 0 aromatic heterocycles. The van der Waals surface area contributed by atoms with Gasteiger partial charge >= 0.3 is 0 Å². The fourth-order valence-electron chi connectivity index (χ4n) is 3.06. The number of hydrogen-bond acceptors (Lipinski definition) is 6. The van der Waals surface area contributed by atoms with Gasteiger partial charge in [-0.2, -0.15) is 0 Å². The monoisotopic (exact) mass is 424 g/mol. The Morgan fingerprint density at radius 2 is 1.97 bits per heavy atom. The van der Waals surface area contributed by atoms with E-state index < -0.39 is 33.0 Å². The highest BCUT2D eigenvalue weighted by molar-refractivity contribution is 7.90. The molecule has 0 heterocycles. The summed E-state index contributed by atoms with van der Waals surface area (Å²) in [5.74, 6) is -0.886. The van der Waals surface area contributed by atoms with E-state index in [2.05, 4.69) is 0 Å². The second-order valence-electron chi connectivity index (χ2n) is 6.89. The summed E-state index contributed by atoms with van der Waals surface area (Å²) in [7, 11) is -3.02. The number of nitrogens with one attached hydrogen (secondary N) is 1. The summed E-state index contributed by atoms with van der Waals surface area (Å²) >= 11 is 0. The molecule has 29 heavy (non-hydrogen) atoms. The lowest BCUT2D eigenvalue weighted by molar-refractivity contribution is -0.168. The number of nitrogens with zero attached hydrogens (tertiary/aromatic N) is 1. The summed E-state index contributed by atoms with van der Waals surface area (Å²) in [6, 6.07) is 8.30. The van der Waals surface area contributed by atoms with Crippen LogP contribution in [-0.4, -0.2) is 48.2 Å². The minimum Gasteiger partial charge on any atom is -0.357 e. The molecule has 0 radical (unpaired) electrons. The Morgan fingerprint density at radius 1 is 1.31 bits per heavy atom. The molecule has 9 heteroatoms. The van der Waals surface area contributed by atoms with Gasteiger partial charge in [-0.1, -0.05) is 53.9 Å². The summed E-state index contributed by atoms with van der Waals surface area (Å²) in [6.07, 6.45) is 4.51. The number of carbonyl (C=O) groups is 1. The zero-order valence-corrected chi connectivity index (χ0v) is 17.8. The topological polar surface area (TPSA) is 105 Å². The van der Waals surface area contributed by atoms with Crippen LogP contribution < -0.4 is 5.48 Å². The van der Waals surface area contributed by atoms with Crippen LogP contribution in [0, 0.1) is 0 Å².